The van der Waals surface area contributed by atoms with E-state index in [1.54, 1.807) is 0 Å². The van der Waals surface area contributed by atoms with E-state index in [4.69, 9.17) is 5.73 Å². The van der Waals surface area contributed by atoms with Gasteiger partial charge in [-0.15, -0.1) is 0 Å². The standard InChI is InChI=1S/C15H12F6N2O/c16-13-6-10(22)2-1-9(13)5-11-3-4-12(7-23-11)24-8-14(17,18)15(19,20)21/h1-4,6-7H,5,8,22H2. The number of benzene rings is 1. The van der Waals surface area contributed by atoms with Crippen LogP contribution in [0.5, 0.6) is 5.75 Å². The minimum absolute atomic E-state index is 0.102. The average Bonchev–Trinajstić information content (AvgIpc) is 2.48. The van der Waals surface area contributed by atoms with Crippen LogP contribution in [0.25, 0.3) is 0 Å². The third kappa shape index (κ3) is 4.30. The molecule has 2 N–H and O–H groups in total. The van der Waals surface area contributed by atoms with Gasteiger partial charge in [-0.25, -0.2) is 4.39 Å². The molecule has 1 aromatic carbocycles. The van der Waals surface area contributed by atoms with E-state index in [9.17, 15) is 26.3 Å². The maximum atomic E-state index is 13.7. The van der Waals surface area contributed by atoms with Gasteiger partial charge in [-0.1, -0.05) is 6.07 Å². The number of alkyl halides is 5. The maximum Gasteiger partial charge on any atom is 0.456 e. The van der Waals surface area contributed by atoms with Crippen LogP contribution in [-0.4, -0.2) is 23.7 Å². The Bertz CT molecular complexity index is 700. The number of pyridine rings is 1. The van der Waals surface area contributed by atoms with Crippen LogP contribution < -0.4 is 10.5 Å². The van der Waals surface area contributed by atoms with Crippen LogP contribution in [0.3, 0.4) is 0 Å². The number of rotatable bonds is 5. The fourth-order valence-electron chi connectivity index (χ4n) is 1.76. The fraction of sp³-hybridized carbons (Fsp3) is 0.267. The van der Waals surface area contributed by atoms with Gasteiger partial charge >= 0.3 is 12.1 Å². The van der Waals surface area contributed by atoms with Gasteiger partial charge in [0.2, 0.25) is 0 Å². The minimum atomic E-state index is -5.69. The van der Waals surface area contributed by atoms with E-state index in [0.717, 1.165) is 12.3 Å². The Kier molecular flexibility index (Phi) is 4.91. The smallest absolute Gasteiger partial charge is 0.456 e. The Morgan fingerprint density at radius 1 is 1.04 bits per heavy atom. The molecule has 3 nitrogen and oxygen atoms in total. The van der Waals surface area contributed by atoms with Gasteiger partial charge in [-0.3, -0.25) is 4.98 Å². The number of hydrogen-bond acceptors (Lipinski definition) is 3. The second-order valence-corrected chi connectivity index (χ2v) is 5.00. The van der Waals surface area contributed by atoms with Gasteiger partial charge < -0.3 is 10.5 Å². The van der Waals surface area contributed by atoms with Crippen LogP contribution >= 0.6 is 0 Å². The summed E-state index contributed by atoms with van der Waals surface area (Å²) in [6.45, 7) is -1.84. The molecule has 0 saturated carbocycles. The van der Waals surface area contributed by atoms with E-state index < -0.39 is 24.5 Å². The summed E-state index contributed by atoms with van der Waals surface area (Å²) < 4.78 is 79.6. The van der Waals surface area contributed by atoms with Crippen LogP contribution in [0.15, 0.2) is 36.5 Å². The zero-order chi connectivity index (χ0) is 18.0. The summed E-state index contributed by atoms with van der Waals surface area (Å²) in [5.41, 5.74) is 6.39. The molecule has 1 heterocycles. The third-order valence-corrected chi connectivity index (χ3v) is 3.08. The van der Waals surface area contributed by atoms with E-state index in [-0.39, 0.29) is 17.9 Å². The summed E-state index contributed by atoms with van der Waals surface area (Å²) in [6.07, 6.45) is -4.59. The van der Waals surface area contributed by atoms with Gasteiger partial charge in [0.15, 0.2) is 6.61 Å². The number of ether oxygens (including phenoxy) is 1. The number of nitrogen functional groups attached to an aromatic ring is 1. The Labute approximate surface area is 133 Å². The molecule has 0 fully saturated rings. The molecule has 1 aromatic heterocycles. The number of hydrogen-bond donors (Lipinski definition) is 1. The Morgan fingerprint density at radius 2 is 1.75 bits per heavy atom. The van der Waals surface area contributed by atoms with Crippen LogP contribution in [-0.2, 0) is 6.42 Å². The number of nitrogens with two attached hydrogens (primary N) is 1. The number of aromatic nitrogens is 1. The topological polar surface area (TPSA) is 48.1 Å². The molecule has 0 aliphatic rings. The number of anilines is 1. The van der Waals surface area contributed by atoms with Gasteiger partial charge in [0.05, 0.1) is 6.20 Å². The average molecular weight is 350 g/mol. The first kappa shape index (κ1) is 17.9. The second kappa shape index (κ2) is 6.58. The van der Waals surface area contributed by atoms with Crippen molar-refractivity contribution in [3.05, 3.63) is 53.6 Å². The lowest BCUT2D eigenvalue weighted by molar-refractivity contribution is -0.290. The lowest BCUT2D eigenvalue weighted by Crippen LogP contribution is -2.41. The first-order valence-corrected chi connectivity index (χ1v) is 6.65. The summed E-state index contributed by atoms with van der Waals surface area (Å²) >= 11 is 0. The summed E-state index contributed by atoms with van der Waals surface area (Å²) in [6, 6.07) is 6.66. The molecule has 0 atom stereocenters. The Balaban J connectivity index is 2.01. The lowest BCUT2D eigenvalue weighted by atomic mass is 10.1. The van der Waals surface area contributed by atoms with Gasteiger partial charge in [-0.05, 0) is 29.8 Å². The van der Waals surface area contributed by atoms with E-state index in [2.05, 4.69) is 9.72 Å². The molecule has 0 radical (unpaired) electrons. The highest BCUT2D eigenvalue weighted by Crippen LogP contribution is 2.35. The van der Waals surface area contributed by atoms with E-state index in [0.29, 0.717) is 11.3 Å². The quantitative estimate of drug-likeness (QED) is 0.656. The first-order valence-electron chi connectivity index (χ1n) is 6.65. The van der Waals surface area contributed by atoms with Gasteiger partial charge in [0.1, 0.15) is 11.6 Å². The minimum Gasteiger partial charge on any atom is -0.485 e. The Morgan fingerprint density at radius 3 is 2.29 bits per heavy atom. The predicted octanol–water partition coefficient (Wildman–Crippen LogP) is 3.97. The summed E-state index contributed by atoms with van der Waals surface area (Å²) in [4.78, 5) is 3.85. The Hall–Kier alpha value is -2.45. The molecular formula is C15H12F6N2O. The molecule has 0 saturated heterocycles. The van der Waals surface area contributed by atoms with Crippen molar-refractivity contribution in [1.82, 2.24) is 4.98 Å². The number of nitrogens with zero attached hydrogens (tertiary/aromatic N) is 1. The maximum absolute atomic E-state index is 13.7. The molecule has 9 heteroatoms. The zero-order valence-corrected chi connectivity index (χ0v) is 12.1. The lowest BCUT2D eigenvalue weighted by Gasteiger charge is -2.19. The first-order chi connectivity index (χ1) is 11.1. The molecule has 24 heavy (non-hydrogen) atoms. The summed E-state index contributed by atoms with van der Waals surface area (Å²) in [5.74, 6) is -5.74. The van der Waals surface area contributed by atoms with Gasteiger partial charge in [0, 0.05) is 17.8 Å². The van der Waals surface area contributed by atoms with Gasteiger partial charge in [0.25, 0.3) is 0 Å². The van der Waals surface area contributed by atoms with E-state index >= 15 is 0 Å². The largest absolute Gasteiger partial charge is 0.485 e. The van der Waals surface area contributed by atoms with Crippen molar-refractivity contribution in [2.45, 2.75) is 18.5 Å². The van der Waals surface area contributed by atoms with E-state index in [1.807, 2.05) is 0 Å². The molecule has 0 spiro atoms. The highest BCUT2D eigenvalue weighted by molar-refractivity contribution is 5.41. The van der Waals surface area contributed by atoms with Gasteiger partial charge in [-0.2, -0.15) is 22.0 Å². The monoisotopic (exact) mass is 350 g/mol. The molecule has 2 rings (SSSR count). The predicted molar refractivity (Wildman–Crippen MR) is 74.4 cm³/mol. The third-order valence-electron chi connectivity index (χ3n) is 3.08. The highest BCUT2D eigenvalue weighted by atomic mass is 19.4. The molecule has 0 unspecified atom stereocenters. The van der Waals surface area contributed by atoms with Crippen molar-refractivity contribution in [3.8, 4) is 5.75 Å². The molecule has 0 amide bonds. The molecule has 2 aromatic rings. The van der Waals surface area contributed by atoms with Crippen LogP contribution in [0.1, 0.15) is 11.3 Å². The van der Waals surface area contributed by atoms with Crippen molar-refractivity contribution >= 4 is 5.69 Å². The van der Waals surface area contributed by atoms with Crippen molar-refractivity contribution in [2.24, 2.45) is 0 Å². The summed E-state index contributed by atoms with van der Waals surface area (Å²) in [5, 5.41) is 0. The fourth-order valence-corrected chi connectivity index (χ4v) is 1.76. The SMILES string of the molecule is Nc1ccc(Cc2ccc(OCC(F)(F)C(F)(F)F)cn2)c(F)c1. The van der Waals surface area contributed by atoms with Crippen molar-refractivity contribution in [2.75, 3.05) is 12.3 Å². The summed E-state index contributed by atoms with van der Waals surface area (Å²) in [7, 11) is 0. The van der Waals surface area contributed by atoms with Crippen molar-refractivity contribution < 1.29 is 31.1 Å². The molecule has 130 valence electrons. The van der Waals surface area contributed by atoms with Crippen LogP contribution in [0.2, 0.25) is 0 Å². The highest BCUT2D eigenvalue weighted by Gasteiger charge is 2.58. The molecule has 0 aliphatic heterocycles. The van der Waals surface area contributed by atoms with Crippen LogP contribution in [0.4, 0.5) is 32.0 Å². The normalized spacial score (nSPS) is 12.2. The number of halogens is 6. The van der Waals surface area contributed by atoms with Crippen molar-refractivity contribution in [3.63, 3.8) is 0 Å². The zero-order valence-electron chi connectivity index (χ0n) is 12.1. The molecular weight excluding hydrogens is 338 g/mol. The molecule has 0 bridgehead atoms. The second-order valence-electron chi connectivity index (χ2n) is 5.00. The van der Waals surface area contributed by atoms with E-state index in [1.165, 1.54) is 24.3 Å². The van der Waals surface area contributed by atoms with Crippen LogP contribution in [0, 0.1) is 5.82 Å². The van der Waals surface area contributed by atoms with Crippen molar-refractivity contribution in [1.29, 1.82) is 0 Å². The molecule has 0 aliphatic carbocycles.